The van der Waals surface area contributed by atoms with Crippen LogP contribution in [0.15, 0.2) is 52.2 Å². The quantitative estimate of drug-likeness (QED) is 0.647. The van der Waals surface area contributed by atoms with Gasteiger partial charge in [0, 0.05) is 41.5 Å². The van der Waals surface area contributed by atoms with Crippen molar-refractivity contribution in [3.63, 3.8) is 0 Å². The van der Waals surface area contributed by atoms with E-state index in [9.17, 15) is 4.79 Å². The number of piperidine rings is 1. The van der Waals surface area contributed by atoms with E-state index in [-0.39, 0.29) is 5.78 Å². The average molecular weight is 381 g/mol. The molecular formula is C18H15N5OS2. The fourth-order valence-corrected chi connectivity index (χ4v) is 3.71. The van der Waals surface area contributed by atoms with Crippen molar-refractivity contribution in [1.29, 1.82) is 0 Å². The van der Waals surface area contributed by atoms with Gasteiger partial charge in [-0.25, -0.2) is 0 Å². The van der Waals surface area contributed by atoms with Gasteiger partial charge in [0.15, 0.2) is 5.78 Å². The lowest BCUT2D eigenvalue weighted by Crippen LogP contribution is -2.37. The SMILES string of the molecule is O=C1/C(=C/c2csnn2)CN(Cc2ccccc2)C/C1=C\c1csnn1. The van der Waals surface area contributed by atoms with Gasteiger partial charge in [0.1, 0.15) is 0 Å². The summed E-state index contributed by atoms with van der Waals surface area (Å²) in [5.74, 6) is 0.0373. The lowest BCUT2D eigenvalue weighted by atomic mass is 9.95. The van der Waals surface area contributed by atoms with Crippen LogP contribution in [0.5, 0.6) is 0 Å². The van der Waals surface area contributed by atoms with Crippen molar-refractivity contribution >= 4 is 41.0 Å². The first-order valence-corrected chi connectivity index (χ1v) is 9.71. The van der Waals surface area contributed by atoms with Crippen LogP contribution in [-0.4, -0.2) is 42.9 Å². The molecule has 8 heteroatoms. The van der Waals surface area contributed by atoms with E-state index < -0.39 is 0 Å². The summed E-state index contributed by atoms with van der Waals surface area (Å²) in [7, 11) is 0. The Kier molecular flexibility index (Phi) is 5.05. The molecule has 1 aliphatic rings. The van der Waals surface area contributed by atoms with Crippen molar-refractivity contribution in [2.75, 3.05) is 13.1 Å². The van der Waals surface area contributed by atoms with E-state index in [2.05, 4.69) is 36.2 Å². The molecule has 1 saturated heterocycles. The normalized spacial score (nSPS) is 18.7. The van der Waals surface area contributed by atoms with Crippen molar-refractivity contribution in [2.45, 2.75) is 6.54 Å². The number of nitrogens with zero attached hydrogens (tertiary/aromatic N) is 5. The van der Waals surface area contributed by atoms with Crippen molar-refractivity contribution < 1.29 is 4.79 Å². The molecule has 0 bridgehead atoms. The van der Waals surface area contributed by atoms with Gasteiger partial charge in [-0.1, -0.05) is 39.3 Å². The highest BCUT2D eigenvalue weighted by Crippen LogP contribution is 2.23. The number of benzene rings is 1. The van der Waals surface area contributed by atoms with Crippen LogP contribution in [0.3, 0.4) is 0 Å². The topological polar surface area (TPSA) is 71.9 Å². The van der Waals surface area contributed by atoms with Gasteiger partial charge < -0.3 is 0 Å². The zero-order valence-electron chi connectivity index (χ0n) is 13.8. The number of hydrogen-bond acceptors (Lipinski definition) is 8. The highest BCUT2D eigenvalue weighted by Gasteiger charge is 2.26. The minimum absolute atomic E-state index is 0.0373. The summed E-state index contributed by atoms with van der Waals surface area (Å²) in [5, 5.41) is 11.7. The van der Waals surface area contributed by atoms with E-state index in [1.165, 1.54) is 28.6 Å². The molecule has 3 heterocycles. The monoisotopic (exact) mass is 381 g/mol. The zero-order valence-corrected chi connectivity index (χ0v) is 15.4. The molecule has 2 aromatic heterocycles. The third kappa shape index (κ3) is 3.98. The molecule has 0 radical (unpaired) electrons. The lowest BCUT2D eigenvalue weighted by Gasteiger charge is -2.29. The molecular weight excluding hydrogens is 366 g/mol. The van der Waals surface area contributed by atoms with E-state index in [4.69, 9.17) is 0 Å². The number of rotatable bonds is 4. The van der Waals surface area contributed by atoms with Gasteiger partial charge in [-0.15, -0.1) is 10.2 Å². The highest BCUT2D eigenvalue weighted by atomic mass is 32.1. The molecule has 0 aliphatic carbocycles. The zero-order chi connectivity index (χ0) is 17.8. The standard InChI is InChI=1S/C18H15N5OS2/c24-18-14(6-16-11-25-21-19-16)9-23(8-13-4-2-1-3-5-13)10-15(18)7-17-12-26-22-20-17/h1-7,11-12H,8-10H2/b14-6+,15-7+. The average Bonchev–Trinajstić information content (AvgIpc) is 3.34. The van der Waals surface area contributed by atoms with Gasteiger partial charge in [-0.2, -0.15) is 0 Å². The van der Waals surface area contributed by atoms with E-state index >= 15 is 0 Å². The molecule has 0 saturated carbocycles. The van der Waals surface area contributed by atoms with Crippen molar-refractivity contribution in [3.8, 4) is 0 Å². The Labute approximate surface area is 158 Å². The first-order valence-electron chi connectivity index (χ1n) is 8.04. The van der Waals surface area contributed by atoms with Crippen molar-refractivity contribution in [1.82, 2.24) is 24.1 Å². The fourth-order valence-electron chi connectivity index (χ4n) is 2.89. The largest absolute Gasteiger partial charge is 0.290 e. The Morgan fingerprint density at radius 3 is 2.00 bits per heavy atom. The molecule has 0 amide bonds. The first kappa shape index (κ1) is 16.9. The van der Waals surface area contributed by atoms with Crippen LogP contribution in [0.4, 0.5) is 0 Å². The van der Waals surface area contributed by atoms with E-state index in [0.717, 1.165) is 17.9 Å². The summed E-state index contributed by atoms with van der Waals surface area (Å²) in [5.41, 5.74) is 4.08. The van der Waals surface area contributed by atoms with Crippen molar-refractivity contribution in [2.24, 2.45) is 0 Å². The minimum atomic E-state index is 0.0373. The van der Waals surface area contributed by atoms with Crippen LogP contribution in [0.2, 0.25) is 0 Å². The van der Waals surface area contributed by atoms with Gasteiger partial charge in [-0.3, -0.25) is 9.69 Å². The summed E-state index contributed by atoms with van der Waals surface area (Å²) >= 11 is 2.55. The van der Waals surface area contributed by atoms with Gasteiger partial charge in [0.05, 0.1) is 11.4 Å². The van der Waals surface area contributed by atoms with E-state index in [1.807, 2.05) is 41.1 Å². The summed E-state index contributed by atoms with van der Waals surface area (Å²) in [4.78, 5) is 15.2. The van der Waals surface area contributed by atoms with Crippen LogP contribution < -0.4 is 0 Å². The Morgan fingerprint density at radius 1 is 0.923 bits per heavy atom. The second-order valence-electron chi connectivity index (χ2n) is 5.96. The molecule has 6 nitrogen and oxygen atoms in total. The number of ketones is 1. The maximum absolute atomic E-state index is 12.9. The van der Waals surface area contributed by atoms with Crippen LogP contribution in [0.1, 0.15) is 17.0 Å². The number of aromatic nitrogens is 4. The fraction of sp³-hybridized carbons (Fsp3) is 0.167. The number of likely N-dealkylation sites (tertiary alicyclic amines) is 1. The molecule has 3 aromatic rings. The molecule has 0 N–H and O–H groups in total. The first-order chi connectivity index (χ1) is 12.8. The van der Waals surface area contributed by atoms with Gasteiger partial charge in [-0.05, 0) is 40.8 Å². The summed E-state index contributed by atoms with van der Waals surface area (Å²) in [6.45, 7) is 1.93. The molecule has 0 spiro atoms. The highest BCUT2D eigenvalue weighted by molar-refractivity contribution is 7.03. The van der Waals surface area contributed by atoms with Crippen LogP contribution in [0.25, 0.3) is 12.2 Å². The number of carbonyl (C=O) groups excluding carboxylic acids is 1. The maximum atomic E-state index is 12.9. The number of carbonyl (C=O) groups is 1. The molecule has 1 aromatic carbocycles. The van der Waals surface area contributed by atoms with Crippen LogP contribution in [0, 0.1) is 0 Å². The Bertz CT molecular complexity index is 877. The smallest absolute Gasteiger partial charge is 0.187 e. The maximum Gasteiger partial charge on any atom is 0.187 e. The van der Waals surface area contributed by atoms with Crippen LogP contribution >= 0.6 is 23.1 Å². The van der Waals surface area contributed by atoms with Crippen LogP contribution in [-0.2, 0) is 11.3 Å². The third-order valence-corrected chi connectivity index (χ3v) is 5.06. The summed E-state index contributed by atoms with van der Waals surface area (Å²) in [6, 6.07) is 10.2. The van der Waals surface area contributed by atoms with Gasteiger partial charge in [0.25, 0.3) is 0 Å². The Balaban J connectivity index is 1.64. The second kappa shape index (κ2) is 7.77. The Hall–Kier alpha value is -2.55. The molecule has 4 rings (SSSR count). The summed E-state index contributed by atoms with van der Waals surface area (Å²) < 4.78 is 7.74. The molecule has 26 heavy (non-hydrogen) atoms. The molecule has 130 valence electrons. The van der Waals surface area contributed by atoms with Crippen molar-refractivity contribution in [3.05, 3.63) is 69.2 Å². The van der Waals surface area contributed by atoms with Gasteiger partial charge >= 0.3 is 0 Å². The molecule has 1 fully saturated rings. The van der Waals surface area contributed by atoms with E-state index in [1.54, 1.807) is 0 Å². The predicted octanol–water partition coefficient (Wildman–Crippen LogP) is 2.94. The number of Topliss-reactive ketones (excluding diaryl/α,β-unsaturated/α-hetero) is 1. The lowest BCUT2D eigenvalue weighted by molar-refractivity contribution is -0.113. The van der Waals surface area contributed by atoms with E-state index in [0.29, 0.717) is 24.2 Å². The molecule has 0 atom stereocenters. The third-order valence-electron chi connectivity index (χ3n) is 4.02. The number of hydrogen-bond donors (Lipinski definition) is 0. The summed E-state index contributed by atoms with van der Waals surface area (Å²) in [6.07, 6.45) is 3.66. The predicted molar refractivity (Wildman–Crippen MR) is 102 cm³/mol. The second-order valence-corrected chi connectivity index (χ2v) is 7.18. The molecule has 1 aliphatic heterocycles. The van der Waals surface area contributed by atoms with Gasteiger partial charge in [0.2, 0.25) is 0 Å². The molecule has 0 unspecified atom stereocenters. The minimum Gasteiger partial charge on any atom is -0.290 e. The Morgan fingerprint density at radius 2 is 1.50 bits per heavy atom.